The Kier molecular flexibility index (Phi) is 10.1. The Hall–Kier alpha value is -1.12. The van der Waals surface area contributed by atoms with Crippen LogP contribution in [0.1, 0.15) is 13.3 Å². The normalized spacial score (nSPS) is 20.0. The number of Topliss-reactive ketones (excluding diaryl/α,β-unsaturated/α-hetero) is 1. The minimum atomic E-state index is -1.57. The summed E-state index contributed by atoms with van der Waals surface area (Å²) in [7, 11) is 0. The Morgan fingerprint density at radius 1 is 1.41 bits per heavy atom. The van der Waals surface area contributed by atoms with Crippen molar-refractivity contribution in [3.05, 3.63) is 11.3 Å². The van der Waals surface area contributed by atoms with Crippen molar-refractivity contribution in [3.63, 3.8) is 0 Å². The van der Waals surface area contributed by atoms with Crippen LogP contribution in [-0.4, -0.2) is 68.3 Å². The van der Waals surface area contributed by atoms with E-state index >= 15 is 0 Å². The summed E-state index contributed by atoms with van der Waals surface area (Å²) in [4.78, 5) is 59.5. The summed E-state index contributed by atoms with van der Waals surface area (Å²) in [6.45, 7) is 0.910. The quantitative estimate of drug-likeness (QED) is 0.115. The number of rotatable bonds is 8. The fourth-order valence-corrected chi connectivity index (χ4v) is 4.49. The number of thiocarbonyl (C=S) groups is 1. The molecule has 2 atom stereocenters. The summed E-state index contributed by atoms with van der Waals surface area (Å²) < 4.78 is 4.90. The van der Waals surface area contributed by atoms with Gasteiger partial charge in [0.1, 0.15) is 22.3 Å². The van der Waals surface area contributed by atoms with E-state index in [0.717, 1.165) is 16.7 Å². The van der Waals surface area contributed by atoms with Gasteiger partial charge in [0.25, 0.3) is 5.91 Å². The largest absolute Gasteiger partial charge is 1.00 e. The molecule has 1 saturated heterocycles. The number of aliphatic carboxylic acids is 1. The van der Waals surface area contributed by atoms with Gasteiger partial charge in [-0.1, -0.05) is 24.0 Å². The first kappa shape index (κ1) is 25.9. The predicted octanol–water partition coefficient (Wildman–Crippen LogP) is -5.11. The van der Waals surface area contributed by atoms with Gasteiger partial charge in [-0.3, -0.25) is 24.1 Å². The maximum atomic E-state index is 12.4. The summed E-state index contributed by atoms with van der Waals surface area (Å²) in [5, 5.41) is 13.3. The number of hydrogen-bond donors (Lipinski definition) is 2. The van der Waals surface area contributed by atoms with Crippen LogP contribution in [0.4, 0.5) is 0 Å². The van der Waals surface area contributed by atoms with E-state index in [2.05, 4.69) is 17.5 Å². The van der Waals surface area contributed by atoms with Crippen LogP contribution < -0.4 is 45.7 Å². The zero-order chi connectivity index (χ0) is 21.0. The van der Waals surface area contributed by atoms with Gasteiger partial charge in [-0.25, -0.2) is 0 Å². The topological polar surface area (TPSA) is 159 Å². The SMILES string of the molecule is CC(=O)OCC1=C(C(=O)[O-])N2C(=O)C(NC(=O)CC(=O)CSC(N)=S)[C@H]2SC1.[Na+]. The zero-order valence-corrected chi connectivity index (χ0v) is 20.0. The standard InChI is InChI=1S/C15H17N3O7S3.Na/c1-6(19)25-3-7-4-27-13-10(12(22)18(13)11(7)14(23)24)17-9(21)2-8(20)5-28-15(16)26;/h10,13H,2-5H2,1H3,(H2,16,26)(H,17,21)(H,23,24);/q;+1/p-1/t10?,13-;/m1./s1. The Morgan fingerprint density at radius 2 is 2.07 bits per heavy atom. The maximum absolute atomic E-state index is 12.4. The number of amides is 2. The van der Waals surface area contributed by atoms with Gasteiger partial charge in [-0.05, 0) is 0 Å². The molecule has 0 bridgehead atoms. The first-order chi connectivity index (χ1) is 13.1. The van der Waals surface area contributed by atoms with Crippen LogP contribution in [0.5, 0.6) is 0 Å². The molecule has 152 valence electrons. The molecular weight excluding hydrogens is 453 g/mol. The van der Waals surface area contributed by atoms with Crippen molar-refractivity contribution >= 4 is 69.6 Å². The number of nitrogens with one attached hydrogen (secondary N) is 1. The molecule has 10 nitrogen and oxygen atoms in total. The first-order valence-corrected chi connectivity index (χ1v) is 10.3. The second kappa shape index (κ2) is 11.3. The number of ketones is 1. The minimum absolute atomic E-state index is 0. The molecule has 0 saturated carbocycles. The number of nitrogens with two attached hydrogens (primary N) is 1. The van der Waals surface area contributed by atoms with Crippen LogP contribution >= 0.6 is 35.7 Å². The molecule has 1 fully saturated rings. The smallest absolute Gasteiger partial charge is 0.543 e. The van der Waals surface area contributed by atoms with E-state index in [9.17, 15) is 29.1 Å². The van der Waals surface area contributed by atoms with E-state index in [1.165, 1.54) is 18.7 Å². The van der Waals surface area contributed by atoms with Gasteiger partial charge >= 0.3 is 35.5 Å². The Bertz CT molecular complexity index is 789. The summed E-state index contributed by atoms with van der Waals surface area (Å²) >= 11 is 6.77. The van der Waals surface area contributed by atoms with Crippen LogP contribution in [0.3, 0.4) is 0 Å². The van der Waals surface area contributed by atoms with Crippen molar-refractivity contribution in [2.45, 2.75) is 24.8 Å². The van der Waals surface area contributed by atoms with Crippen LogP contribution in [-0.2, 0) is 28.7 Å². The number of carboxylic acids is 1. The van der Waals surface area contributed by atoms with Crippen molar-refractivity contribution in [1.82, 2.24) is 10.2 Å². The van der Waals surface area contributed by atoms with Crippen LogP contribution in [0.25, 0.3) is 0 Å². The molecule has 2 aliphatic rings. The van der Waals surface area contributed by atoms with E-state index in [1.807, 2.05) is 0 Å². The van der Waals surface area contributed by atoms with E-state index in [4.69, 9.17) is 10.5 Å². The third-order valence-electron chi connectivity index (χ3n) is 3.74. The van der Waals surface area contributed by atoms with Gasteiger partial charge in [0, 0.05) is 18.2 Å². The molecule has 2 aliphatic heterocycles. The number of hydrogen-bond acceptors (Lipinski definition) is 10. The summed E-state index contributed by atoms with van der Waals surface area (Å²) in [6.07, 6.45) is -0.447. The second-order valence-corrected chi connectivity index (χ2v) is 8.62. The summed E-state index contributed by atoms with van der Waals surface area (Å²) in [5.41, 5.74) is 5.14. The van der Waals surface area contributed by atoms with Crippen molar-refractivity contribution < 1.29 is 63.4 Å². The van der Waals surface area contributed by atoms with Gasteiger partial charge in [0.2, 0.25) is 5.91 Å². The molecule has 1 unspecified atom stereocenters. The van der Waals surface area contributed by atoms with Crippen LogP contribution in [0, 0.1) is 0 Å². The number of thioether (sulfide) groups is 2. The number of carboxylic acid groups (broad SMARTS) is 1. The average Bonchev–Trinajstić information content (AvgIpc) is 2.61. The van der Waals surface area contributed by atoms with Gasteiger partial charge in [-0.15, -0.1) is 11.8 Å². The predicted molar refractivity (Wildman–Crippen MR) is 103 cm³/mol. The summed E-state index contributed by atoms with van der Waals surface area (Å²) in [5.74, 6) is -3.74. The van der Waals surface area contributed by atoms with E-state index in [-0.39, 0.29) is 63.3 Å². The van der Waals surface area contributed by atoms with Crippen molar-refractivity contribution in [2.75, 3.05) is 18.1 Å². The monoisotopic (exact) mass is 469 g/mol. The van der Waals surface area contributed by atoms with Crippen LogP contribution in [0.2, 0.25) is 0 Å². The molecule has 0 aromatic rings. The second-order valence-electron chi connectivity index (χ2n) is 5.80. The number of carbonyl (C=O) groups excluding carboxylic acids is 5. The number of β-lactam (4-membered cyclic amide) rings is 1. The number of esters is 1. The van der Waals surface area contributed by atoms with Gasteiger partial charge in [0.05, 0.1) is 23.8 Å². The maximum Gasteiger partial charge on any atom is 1.00 e. The Morgan fingerprint density at radius 3 is 2.62 bits per heavy atom. The third-order valence-corrected chi connectivity index (χ3v) is 6.18. The fraction of sp³-hybridized carbons (Fsp3) is 0.467. The first-order valence-electron chi connectivity index (χ1n) is 7.86. The Labute approximate surface area is 202 Å². The molecule has 29 heavy (non-hydrogen) atoms. The molecule has 0 spiro atoms. The molecule has 0 aromatic carbocycles. The van der Waals surface area contributed by atoms with Gasteiger partial charge in [0.15, 0.2) is 5.78 Å². The van der Waals surface area contributed by atoms with Crippen molar-refractivity contribution in [3.8, 4) is 0 Å². The van der Waals surface area contributed by atoms with Crippen molar-refractivity contribution in [2.24, 2.45) is 5.73 Å². The Balaban J connectivity index is 0.00000420. The molecule has 2 rings (SSSR count). The zero-order valence-electron chi connectivity index (χ0n) is 15.6. The van der Waals surface area contributed by atoms with Gasteiger partial charge < -0.3 is 25.7 Å². The van der Waals surface area contributed by atoms with Crippen molar-refractivity contribution in [1.29, 1.82) is 0 Å². The molecule has 0 aliphatic carbocycles. The molecule has 14 heteroatoms. The molecule has 0 radical (unpaired) electrons. The molecule has 0 aromatic heterocycles. The molecule has 2 amide bonds. The van der Waals surface area contributed by atoms with Gasteiger partial charge in [-0.2, -0.15) is 0 Å². The number of fused-ring (bicyclic) bond motifs is 1. The van der Waals surface area contributed by atoms with E-state index < -0.39 is 47.4 Å². The fourth-order valence-electron chi connectivity index (χ4n) is 2.58. The van der Waals surface area contributed by atoms with E-state index in [1.54, 1.807) is 0 Å². The third kappa shape index (κ3) is 6.69. The molecule has 3 N–H and O–H groups in total. The molecular formula is C15H16N3NaO7S3. The van der Waals surface area contributed by atoms with Crippen LogP contribution in [0.15, 0.2) is 11.3 Å². The number of ether oxygens (including phenoxy) is 1. The van der Waals surface area contributed by atoms with E-state index in [0.29, 0.717) is 0 Å². The number of nitrogens with zero attached hydrogens (tertiary/aromatic N) is 1. The molecule has 2 heterocycles. The average molecular weight is 469 g/mol. The minimum Gasteiger partial charge on any atom is -0.543 e. The number of carbonyl (C=O) groups is 5. The summed E-state index contributed by atoms with van der Waals surface area (Å²) in [6, 6.07) is -0.960.